The molecule has 0 saturated heterocycles. The molecule has 1 heterocycles. The molecule has 0 bridgehead atoms. The zero-order chi connectivity index (χ0) is 12.3. The number of hydrogen-bond acceptors (Lipinski definition) is 6. The van der Waals surface area contributed by atoms with Crippen LogP contribution in [0.15, 0.2) is 28.6 Å². The minimum atomic E-state index is -0.360. The Balaban J connectivity index is 2.11. The number of nitrogens with zero attached hydrogens (tertiary/aromatic N) is 3. The Morgan fingerprint density at radius 3 is 2.82 bits per heavy atom. The van der Waals surface area contributed by atoms with Gasteiger partial charge in [-0.15, -0.1) is 10.2 Å². The zero-order valence-electron chi connectivity index (χ0n) is 8.99. The standard InChI is InChI=1S/C10H9N3O2S2/c1-7-11-12-10(17-7)16-6-8-4-2-3-5-9(8)13(14)15/h2-5H,6H2,1H3. The molecule has 0 spiro atoms. The summed E-state index contributed by atoms with van der Waals surface area (Å²) in [6, 6.07) is 6.75. The van der Waals surface area contributed by atoms with Crippen LogP contribution in [0.3, 0.4) is 0 Å². The minimum Gasteiger partial charge on any atom is -0.258 e. The maximum Gasteiger partial charge on any atom is 0.273 e. The normalized spacial score (nSPS) is 10.4. The molecule has 5 nitrogen and oxygen atoms in total. The van der Waals surface area contributed by atoms with Gasteiger partial charge in [-0.05, 0) is 6.92 Å². The lowest BCUT2D eigenvalue weighted by Gasteiger charge is -2.00. The highest BCUT2D eigenvalue weighted by molar-refractivity contribution is 8.00. The van der Waals surface area contributed by atoms with E-state index in [-0.39, 0.29) is 10.6 Å². The number of benzene rings is 1. The Morgan fingerprint density at radius 2 is 2.18 bits per heavy atom. The van der Waals surface area contributed by atoms with Gasteiger partial charge < -0.3 is 0 Å². The van der Waals surface area contributed by atoms with Crippen LogP contribution in [0.25, 0.3) is 0 Å². The lowest BCUT2D eigenvalue weighted by atomic mass is 10.2. The Hall–Kier alpha value is -1.47. The van der Waals surface area contributed by atoms with Crippen molar-refractivity contribution in [2.24, 2.45) is 0 Å². The Labute approximate surface area is 106 Å². The van der Waals surface area contributed by atoms with E-state index in [1.54, 1.807) is 18.2 Å². The monoisotopic (exact) mass is 267 g/mol. The molecule has 0 aliphatic heterocycles. The summed E-state index contributed by atoms with van der Waals surface area (Å²) in [5.74, 6) is 0.534. The van der Waals surface area contributed by atoms with Gasteiger partial charge >= 0.3 is 0 Å². The van der Waals surface area contributed by atoms with Crippen LogP contribution >= 0.6 is 23.1 Å². The van der Waals surface area contributed by atoms with E-state index in [1.165, 1.54) is 29.2 Å². The Bertz CT molecular complexity index is 542. The minimum absolute atomic E-state index is 0.154. The number of nitro groups is 1. The molecule has 17 heavy (non-hydrogen) atoms. The number of rotatable bonds is 4. The molecule has 2 aromatic rings. The third kappa shape index (κ3) is 3.01. The van der Waals surface area contributed by atoms with E-state index < -0.39 is 0 Å². The molecule has 0 saturated carbocycles. The number of aromatic nitrogens is 2. The van der Waals surface area contributed by atoms with Crippen molar-refractivity contribution in [1.82, 2.24) is 10.2 Å². The first-order valence-electron chi connectivity index (χ1n) is 4.82. The van der Waals surface area contributed by atoms with E-state index in [9.17, 15) is 10.1 Å². The number of hydrogen-bond donors (Lipinski definition) is 0. The van der Waals surface area contributed by atoms with Crippen LogP contribution in [0, 0.1) is 17.0 Å². The van der Waals surface area contributed by atoms with Crippen molar-refractivity contribution < 1.29 is 4.92 Å². The smallest absolute Gasteiger partial charge is 0.258 e. The summed E-state index contributed by atoms with van der Waals surface area (Å²) in [7, 11) is 0. The Morgan fingerprint density at radius 1 is 1.41 bits per heavy atom. The van der Waals surface area contributed by atoms with E-state index in [2.05, 4.69) is 10.2 Å². The third-order valence-electron chi connectivity index (χ3n) is 2.05. The Kier molecular flexibility index (Phi) is 3.70. The van der Waals surface area contributed by atoms with Gasteiger partial charge in [0, 0.05) is 17.4 Å². The lowest BCUT2D eigenvalue weighted by molar-refractivity contribution is -0.385. The highest BCUT2D eigenvalue weighted by atomic mass is 32.2. The highest BCUT2D eigenvalue weighted by Crippen LogP contribution is 2.29. The van der Waals surface area contributed by atoms with Gasteiger partial charge in [0.1, 0.15) is 5.01 Å². The molecule has 0 N–H and O–H groups in total. The molecule has 0 atom stereocenters. The topological polar surface area (TPSA) is 68.9 Å². The first-order valence-corrected chi connectivity index (χ1v) is 6.62. The molecule has 0 aliphatic rings. The SMILES string of the molecule is Cc1nnc(SCc2ccccc2[N+](=O)[O-])s1. The highest BCUT2D eigenvalue weighted by Gasteiger charge is 2.13. The predicted octanol–water partition coefficient (Wildman–Crippen LogP) is 3.05. The van der Waals surface area contributed by atoms with Gasteiger partial charge in [0.25, 0.3) is 5.69 Å². The van der Waals surface area contributed by atoms with Gasteiger partial charge in [-0.1, -0.05) is 41.3 Å². The summed E-state index contributed by atoms with van der Waals surface area (Å²) < 4.78 is 0.834. The molecule has 88 valence electrons. The molecule has 0 fully saturated rings. The molecule has 0 amide bonds. The molecular formula is C10H9N3O2S2. The van der Waals surface area contributed by atoms with Crippen molar-refractivity contribution in [3.63, 3.8) is 0 Å². The van der Waals surface area contributed by atoms with Crippen LogP contribution in [0.2, 0.25) is 0 Å². The fraction of sp³-hybridized carbons (Fsp3) is 0.200. The van der Waals surface area contributed by atoms with Crippen molar-refractivity contribution in [3.05, 3.63) is 45.0 Å². The quantitative estimate of drug-likeness (QED) is 0.484. The van der Waals surface area contributed by atoms with Crippen molar-refractivity contribution in [2.45, 2.75) is 17.0 Å². The average Bonchev–Trinajstić information content (AvgIpc) is 2.73. The summed E-state index contributed by atoms with van der Waals surface area (Å²) in [6.45, 7) is 1.88. The van der Waals surface area contributed by atoms with Gasteiger partial charge in [-0.2, -0.15) is 0 Å². The number of aryl methyl sites for hydroxylation is 1. The maximum atomic E-state index is 10.8. The lowest BCUT2D eigenvalue weighted by Crippen LogP contribution is -1.93. The first kappa shape index (κ1) is 12.0. The number of thioether (sulfide) groups is 1. The second kappa shape index (κ2) is 5.24. The van der Waals surface area contributed by atoms with E-state index in [1.807, 2.05) is 6.92 Å². The van der Waals surface area contributed by atoms with Crippen molar-refractivity contribution in [3.8, 4) is 0 Å². The summed E-state index contributed by atoms with van der Waals surface area (Å²) >= 11 is 2.96. The van der Waals surface area contributed by atoms with Crippen LogP contribution in [-0.2, 0) is 5.75 Å². The van der Waals surface area contributed by atoms with Crippen LogP contribution in [0.1, 0.15) is 10.6 Å². The summed E-state index contributed by atoms with van der Waals surface area (Å²) in [4.78, 5) is 10.4. The van der Waals surface area contributed by atoms with Gasteiger partial charge in [0.15, 0.2) is 4.34 Å². The maximum absolute atomic E-state index is 10.8. The van der Waals surface area contributed by atoms with Crippen molar-refractivity contribution in [1.29, 1.82) is 0 Å². The van der Waals surface area contributed by atoms with Gasteiger partial charge in [0.05, 0.1) is 4.92 Å². The van der Waals surface area contributed by atoms with Gasteiger partial charge in [0.2, 0.25) is 0 Å². The predicted molar refractivity (Wildman–Crippen MR) is 67.3 cm³/mol. The van der Waals surface area contributed by atoms with Crippen LogP contribution < -0.4 is 0 Å². The van der Waals surface area contributed by atoms with Crippen molar-refractivity contribution >= 4 is 28.8 Å². The number of para-hydroxylation sites is 1. The number of nitro benzene ring substituents is 1. The fourth-order valence-corrected chi connectivity index (χ4v) is 3.10. The van der Waals surface area contributed by atoms with E-state index >= 15 is 0 Å². The summed E-state index contributed by atoms with van der Waals surface area (Å²) in [6.07, 6.45) is 0. The molecule has 1 aromatic heterocycles. The largest absolute Gasteiger partial charge is 0.273 e. The second-order valence-corrected chi connectivity index (χ2v) is 5.67. The van der Waals surface area contributed by atoms with E-state index in [0.29, 0.717) is 11.3 Å². The molecule has 0 unspecified atom stereocenters. The molecule has 0 aliphatic carbocycles. The van der Waals surface area contributed by atoms with Gasteiger partial charge in [-0.25, -0.2) is 0 Å². The molecule has 7 heteroatoms. The van der Waals surface area contributed by atoms with Crippen LogP contribution in [0.5, 0.6) is 0 Å². The van der Waals surface area contributed by atoms with Gasteiger partial charge in [-0.3, -0.25) is 10.1 Å². The molecule has 2 rings (SSSR count). The molecule has 1 aromatic carbocycles. The average molecular weight is 267 g/mol. The first-order chi connectivity index (χ1) is 8.16. The molecular weight excluding hydrogens is 258 g/mol. The third-order valence-corrected chi connectivity index (χ3v) is 4.07. The summed E-state index contributed by atoms with van der Waals surface area (Å²) in [5, 5.41) is 19.6. The van der Waals surface area contributed by atoms with Crippen molar-refractivity contribution in [2.75, 3.05) is 0 Å². The second-order valence-electron chi connectivity index (χ2n) is 3.26. The van der Waals surface area contributed by atoms with Crippen LogP contribution in [0.4, 0.5) is 5.69 Å². The van der Waals surface area contributed by atoms with E-state index in [0.717, 1.165) is 9.35 Å². The summed E-state index contributed by atoms with van der Waals surface area (Å²) in [5.41, 5.74) is 0.858. The van der Waals surface area contributed by atoms with Crippen LogP contribution in [-0.4, -0.2) is 15.1 Å². The van der Waals surface area contributed by atoms with E-state index in [4.69, 9.17) is 0 Å². The molecule has 0 radical (unpaired) electrons. The zero-order valence-corrected chi connectivity index (χ0v) is 10.6. The fourth-order valence-electron chi connectivity index (χ4n) is 1.29.